The van der Waals surface area contributed by atoms with Gasteiger partial charge in [-0.05, 0) is 31.2 Å². The van der Waals surface area contributed by atoms with Gasteiger partial charge in [0.15, 0.2) is 4.90 Å². The number of nitro groups is 1. The van der Waals surface area contributed by atoms with E-state index < -0.39 is 44.3 Å². The summed E-state index contributed by atoms with van der Waals surface area (Å²) in [5.74, 6) is -0.380. The molecule has 2 fully saturated rings. The van der Waals surface area contributed by atoms with Gasteiger partial charge in [-0.2, -0.15) is 0 Å². The average Bonchev–Trinajstić information content (AvgIpc) is 3.35. The number of ether oxygens (including phenoxy) is 1. The Morgan fingerprint density at radius 3 is 2.64 bits per heavy atom. The fourth-order valence-corrected chi connectivity index (χ4v) is 4.52. The maximum Gasteiger partial charge on any atom is 0.309 e. The third kappa shape index (κ3) is 3.65. The monoisotopic (exact) mass is 370 g/mol. The van der Waals surface area contributed by atoms with Crippen LogP contribution in [0.15, 0.2) is 29.2 Å². The quantitative estimate of drug-likeness (QED) is 0.407. The van der Waals surface area contributed by atoms with Crippen LogP contribution in [0.5, 0.6) is 0 Å². The number of esters is 1. The van der Waals surface area contributed by atoms with E-state index in [0.717, 1.165) is 25.0 Å². The second-order valence-corrected chi connectivity index (χ2v) is 7.97. The number of aliphatic hydroxyl groups is 1. The van der Waals surface area contributed by atoms with Crippen molar-refractivity contribution < 1.29 is 28.0 Å². The van der Waals surface area contributed by atoms with Gasteiger partial charge in [0, 0.05) is 6.07 Å². The van der Waals surface area contributed by atoms with Gasteiger partial charge >= 0.3 is 5.97 Å². The van der Waals surface area contributed by atoms with E-state index in [4.69, 9.17) is 4.74 Å². The van der Waals surface area contributed by atoms with E-state index in [9.17, 15) is 28.4 Å². The van der Waals surface area contributed by atoms with Gasteiger partial charge in [0.05, 0.1) is 23.5 Å². The number of para-hydroxylation sites is 1. The Balaban J connectivity index is 1.79. The number of cyclic esters (lactones) is 1. The van der Waals surface area contributed by atoms with Crippen molar-refractivity contribution in [3.8, 4) is 0 Å². The summed E-state index contributed by atoms with van der Waals surface area (Å²) < 4.78 is 32.5. The standard InChI is InChI=1S/C15H18N2O7S/c18-8-11(13-7-10(9-5-6-9)15(19)24-13)16-25(22,23)14-4-2-1-3-12(14)17(20)21/h1-4,9-11,13,16,18H,5-8H2/t10-,11-,13-/m0/s1. The zero-order valence-electron chi connectivity index (χ0n) is 13.2. The predicted octanol–water partition coefficient (Wildman–Crippen LogP) is 0.576. The number of nitrogens with one attached hydrogen (secondary N) is 1. The number of nitro benzene ring substituents is 1. The Hall–Kier alpha value is -2.04. The van der Waals surface area contributed by atoms with Gasteiger partial charge in [0.1, 0.15) is 6.10 Å². The normalized spacial score (nSPS) is 24.8. The molecule has 1 aromatic carbocycles. The first-order chi connectivity index (χ1) is 11.8. The molecule has 0 aromatic heterocycles. The number of carbonyl (C=O) groups excluding carboxylic acids is 1. The van der Waals surface area contributed by atoms with Crippen molar-refractivity contribution in [3.05, 3.63) is 34.4 Å². The molecule has 1 aliphatic heterocycles. The first-order valence-electron chi connectivity index (χ1n) is 7.90. The fraction of sp³-hybridized carbons (Fsp3) is 0.533. The molecule has 0 bridgehead atoms. The second kappa shape index (κ2) is 6.70. The summed E-state index contributed by atoms with van der Waals surface area (Å²) in [4.78, 5) is 21.6. The van der Waals surface area contributed by atoms with Gasteiger partial charge in [0.2, 0.25) is 10.0 Å². The summed E-state index contributed by atoms with van der Waals surface area (Å²) in [6.07, 6.45) is 1.42. The third-order valence-corrected chi connectivity index (χ3v) is 6.09. The lowest BCUT2D eigenvalue weighted by atomic mass is 9.97. The van der Waals surface area contributed by atoms with Crippen LogP contribution in [-0.4, -0.2) is 43.2 Å². The Kier molecular flexibility index (Phi) is 4.76. The molecule has 1 aliphatic carbocycles. The molecule has 1 saturated heterocycles. The smallest absolute Gasteiger partial charge is 0.309 e. The molecule has 0 unspecified atom stereocenters. The van der Waals surface area contributed by atoms with E-state index in [2.05, 4.69) is 4.72 Å². The van der Waals surface area contributed by atoms with Crippen molar-refractivity contribution in [2.45, 2.75) is 36.3 Å². The summed E-state index contributed by atoms with van der Waals surface area (Å²) in [5, 5.41) is 20.6. The van der Waals surface area contributed by atoms with Crippen molar-refractivity contribution in [3.63, 3.8) is 0 Å². The highest BCUT2D eigenvalue weighted by atomic mass is 32.2. The molecular formula is C15H18N2O7S. The predicted molar refractivity (Wildman–Crippen MR) is 85.0 cm³/mol. The van der Waals surface area contributed by atoms with Gasteiger partial charge in [-0.1, -0.05) is 12.1 Å². The minimum Gasteiger partial charge on any atom is -0.460 e. The number of aliphatic hydroxyl groups excluding tert-OH is 1. The molecule has 25 heavy (non-hydrogen) atoms. The van der Waals surface area contributed by atoms with Crippen molar-refractivity contribution in [1.82, 2.24) is 4.72 Å². The molecule has 136 valence electrons. The maximum absolute atomic E-state index is 12.5. The van der Waals surface area contributed by atoms with E-state index in [0.29, 0.717) is 6.42 Å². The number of hydrogen-bond donors (Lipinski definition) is 2. The molecule has 0 amide bonds. The largest absolute Gasteiger partial charge is 0.460 e. The number of nitrogens with zero attached hydrogens (tertiary/aromatic N) is 1. The Morgan fingerprint density at radius 1 is 1.36 bits per heavy atom. The summed E-state index contributed by atoms with van der Waals surface area (Å²) in [6.45, 7) is -0.588. The first-order valence-corrected chi connectivity index (χ1v) is 9.39. The van der Waals surface area contributed by atoms with Crippen molar-refractivity contribution in [2.75, 3.05) is 6.61 Å². The molecule has 0 spiro atoms. The number of benzene rings is 1. The number of sulfonamides is 1. The molecule has 1 heterocycles. The van der Waals surface area contributed by atoms with E-state index in [1.54, 1.807) is 0 Å². The molecule has 9 nitrogen and oxygen atoms in total. The van der Waals surface area contributed by atoms with Gasteiger partial charge in [-0.15, -0.1) is 0 Å². The first kappa shape index (κ1) is 17.8. The second-order valence-electron chi connectivity index (χ2n) is 6.29. The highest BCUT2D eigenvalue weighted by Crippen LogP contribution is 2.43. The van der Waals surface area contributed by atoms with Crippen LogP contribution < -0.4 is 4.72 Å². The van der Waals surface area contributed by atoms with Crippen LogP contribution in [0.3, 0.4) is 0 Å². The Bertz CT molecular complexity index is 791. The van der Waals surface area contributed by atoms with Crippen LogP contribution in [0.1, 0.15) is 19.3 Å². The SMILES string of the molecule is O=C1O[C@H]([C@H](CO)NS(=O)(=O)c2ccccc2[N+](=O)[O-])C[C@H]1C1CC1. The fourth-order valence-electron chi connectivity index (χ4n) is 3.09. The molecule has 3 atom stereocenters. The Morgan fingerprint density at radius 2 is 2.04 bits per heavy atom. The minimum absolute atomic E-state index is 0.267. The molecule has 10 heteroatoms. The van der Waals surface area contributed by atoms with Gasteiger partial charge < -0.3 is 9.84 Å². The zero-order valence-corrected chi connectivity index (χ0v) is 14.0. The summed E-state index contributed by atoms with van der Waals surface area (Å²) in [5.41, 5.74) is -0.564. The highest BCUT2D eigenvalue weighted by molar-refractivity contribution is 7.89. The van der Waals surface area contributed by atoms with E-state index in [1.165, 1.54) is 12.1 Å². The van der Waals surface area contributed by atoms with Crippen LogP contribution in [0, 0.1) is 22.0 Å². The van der Waals surface area contributed by atoms with Gasteiger partial charge in [0.25, 0.3) is 5.69 Å². The molecule has 2 N–H and O–H groups in total. The Labute approximate surface area is 144 Å². The van der Waals surface area contributed by atoms with Crippen LogP contribution >= 0.6 is 0 Å². The van der Waals surface area contributed by atoms with E-state index >= 15 is 0 Å². The van der Waals surface area contributed by atoms with Crippen molar-refractivity contribution in [1.29, 1.82) is 0 Å². The lowest BCUT2D eigenvalue weighted by molar-refractivity contribution is -0.387. The molecule has 2 aliphatic rings. The summed E-state index contributed by atoms with van der Waals surface area (Å²) in [7, 11) is -4.27. The molecular weight excluding hydrogens is 352 g/mol. The van der Waals surface area contributed by atoms with E-state index in [1.807, 2.05) is 0 Å². The topological polar surface area (TPSA) is 136 Å². The molecule has 0 radical (unpaired) electrons. The molecule has 1 saturated carbocycles. The summed E-state index contributed by atoms with van der Waals surface area (Å²) >= 11 is 0. The van der Waals surface area contributed by atoms with Gasteiger partial charge in [-0.3, -0.25) is 14.9 Å². The van der Waals surface area contributed by atoms with Crippen LogP contribution in [0.2, 0.25) is 0 Å². The van der Waals surface area contributed by atoms with Crippen molar-refractivity contribution >= 4 is 21.7 Å². The lowest BCUT2D eigenvalue weighted by Gasteiger charge is -2.21. The number of hydrogen-bond acceptors (Lipinski definition) is 7. The number of rotatable bonds is 7. The van der Waals surface area contributed by atoms with E-state index in [-0.39, 0.29) is 17.8 Å². The minimum atomic E-state index is -4.27. The molecule has 1 aromatic rings. The van der Waals surface area contributed by atoms with Crippen molar-refractivity contribution in [2.24, 2.45) is 11.8 Å². The lowest BCUT2D eigenvalue weighted by Crippen LogP contribution is -2.45. The van der Waals surface area contributed by atoms with Gasteiger partial charge in [-0.25, -0.2) is 13.1 Å². The van der Waals surface area contributed by atoms with Crippen LogP contribution in [0.4, 0.5) is 5.69 Å². The maximum atomic E-state index is 12.5. The van der Waals surface area contributed by atoms with Crippen LogP contribution in [-0.2, 0) is 19.6 Å². The zero-order chi connectivity index (χ0) is 18.2. The average molecular weight is 370 g/mol. The third-order valence-electron chi connectivity index (χ3n) is 4.55. The van der Waals surface area contributed by atoms with Crippen LogP contribution in [0.25, 0.3) is 0 Å². The number of carbonyl (C=O) groups is 1. The highest BCUT2D eigenvalue weighted by Gasteiger charge is 2.47. The summed E-state index contributed by atoms with van der Waals surface area (Å²) in [6, 6.07) is 3.87. The molecule has 3 rings (SSSR count).